The predicted molar refractivity (Wildman–Crippen MR) is 77.2 cm³/mol. The summed E-state index contributed by atoms with van der Waals surface area (Å²) in [5.74, 6) is -0.276. The van der Waals surface area contributed by atoms with Crippen molar-refractivity contribution in [3.63, 3.8) is 0 Å². The summed E-state index contributed by atoms with van der Waals surface area (Å²) in [6, 6.07) is 9.47. The number of carbonyl (C=O) groups is 1. The van der Waals surface area contributed by atoms with Crippen molar-refractivity contribution in [2.45, 2.75) is 13.8 Å². The minimum Gasteiger partial charge on any atom is -0.484 e. The lowest BCUT2D eigenvalue weighted by atomic mass is 10.0. The van der Waals surface area contributed by atoms with E-state index in [9.17, 15) is 9.18 Å². The lowest BCUT2D eigenvalue weighted by Crippen LogP contribution is -2.13. The van der Waals surface area contributed by atoms with Gasteiger partial charge in [-0.3, -0.25) is 4.79 Å². The number of ketones is 1. The Morgan fingerprint density at radius 1 is 1.20 bits per heavy atom. The molecule has 0 aliphatic heterocycles. The van der Waals surface area contributed by atoms with E-state index in [0.29, 0.717) is 11.3 Å². The average molecular weight is 293 g/mol. The quantitative estimate of drug-likeness (QED) is 0.783. The number of aryl methyl sites for hydroxylation is 2. The second kappa shape index (κ2) is 6.06. The van der Waals surface area contributed by atoms with E-state index in [1.165, 1.54) is 12.1 Å². The fraction of sp³-hybridized carbons (Fsp3) is 0.188. The first kappa shape index (κ1) is 14.5. The summed E-state index contributed by atoms with van der Waals surface area (Å²) < 4.78 is 18.3. The third-order valence-corrected chi connectivity index (χ3v) is 3.24. The molecule has 0 saturated heterocycles. The van der Waals surface area contributed by atoms with Crippen LogP contribution in [0.5, 0.6) is 5.75 Å². The summed E-state index contributed by atoms with van der Waals surface area (Å²) in [6.07, 6.45) is 0. The van der Waals surface area contributed by atoms with Crippen LogP contribution in [0.3, 0.4) is 0 Å². The van der Waals surface area contributed by atoms with Gasteiger partial charge in [0.2, 0.25) is 0 Å². The summed E-state index contributed by atoms with van der Waals surface area (Å²) in [5, 5.41) is 0.152. The van der Waals surface area contributed by atoms with E-state index in [2.05, 4.69) is 0 Å². The van der Waals surface area contributed by atoms with E-state index in [1.807, 2.05) is 32.0 Å². The molecule has 0 atom stereocenters. The van der Waals surface area contributed by atoms with Crippen LogP contribution in [-0.2, 0) is 0 Å². The van der Waals surface area contributed by atoms with Gasteiger partial charge in [0.1, 0.15) is 11.6 Å². The van der Waals surface area contributed by atoms with Crippen molar-refractivity contribution >= 4 is 17.4 Å². The van der Waals surface area contributed by atoms with Gasteiger partial charge in [0.05, 0.1) is 5.02 Å². The molecule has 104 valence electrons. The number of halogens is 2. The fourth-order valence-electron chi connectivity index (χ4n) is 1.85. The molecule has 0 unspecified atom stereocenters. The van der Waals surface area contributed by atoms with Crippen LogP contribution in [0.1, 0.15) is 21.5 Å². The van der Waals surface area contributed by atoms with E-state index in [4.69, 9.17) is 16.3 Å². The number of Topliss-reactive ketones (excluding diaryl/α,β-unsaturated/α-hetero) is 1. The van der Waals surface area contributed by atoms with Crippen LogP contribution >= 0.6 is 11.6 Å². The van der Waals surface area contributed by atoms with Crippen LogP contribution in [0, 0.1) is 19.7 Å². The summed E-state index contributed by atoms with van der Waals surface area (Å²) in [7, 11) is 0. The molecule has 0 amide bonds. The second-order valence-electron chi connectivity index (χ2n) is 4.60. The van der Waals surface area contributed by atoms with Crippen molar-refractivity contribution in [2.75, 3.05) is 6.61 Å². The zero-order valence-corrected chi connectivity index (χ0v) is 12.0. The smallest absolute Gasteiger partial charge is 0.200 e. The molecule has 0 fully saturated rings. The highest BCUT2D eigenvalue weighted by Crippen LogP contribution is 2.25. The van der Waals surface area contributed by atoms with Crippen LogP contribution in [0.2, 0.25) is 5.02 Å². The van der Waals surface area contributed by atoms with Crippen molar-refractivity contribution in [1.29, 1.82) is 0 Å². The van der Waals surface area contributed by atoms with Crippen molar-refractivity contribution in [3.8, 4) is 5.75 Å². The maximum atomic E-state index is 12.9. The Bertz CT molecular complexity index is 653. The molecule has 0 heterocycles. The Morgan fingerprint density at radius 3 is 2.65 bits per heavy atom. The van der Waals surface area contributed by atoms with Gasteiger partial charge in [-0.25, -0.2) is 4.39 Å². The molecule has 0 saturated carbocycles. The van der Waals surface area contributed by atoms with Gasteiger partial charge in [0, 0.05) is 5.56 Å². The predicted octanol–water partition coefficient (Wildman–Crippen LogP) is 4.36. The molecule has 0 aromatic heterocycles. The van der Waals surface area contributed by atoms with Crippen LogP contribution in [-0.4, -0.2) is 12.4 Å². The highest BCUT2D eigenvalue weighted by molar-refractivity contribution is 6.32. The van der Waals surface area contributed by atoms with E-state index < -0.39 is 5.82 Å². The van der Waals surface area contributed by atoms with E-state index in [-0.39, 0.29) is 17.4 Å². The molecule has 0 N–H and O–H groups in total. The molecule has 0 aliphatic rings. The minimum absolute atomic E-state index is 0.129. The van der Waals surface area contributed by atoms with Crippen LogP contribution in [0.15, 0.2) is 36.4 Å². The second-order valence-corrected chi connectivity index (χ2v) is 5.01. The van der Waals surface area contributed by atoms with Gasteiger partial charge in [-0.2, -0.15) is 0 Å². The van der Waals surface area contributed by atoms with Crippen molar-refractivity contribution in [1.82, 2.24) is 0 Å². The first-order chi connectivity index (χ1) is 9.47. The van der Waals surface area contributed by atoms with Crippen LogP contribution < -0.4 is 4.74 Å². The highest BCUT2D eigenvalue weighted by atomic mass is 35.5. The highest BCUT2D eigenvalue weighted by Gasteiger charge is 2.11. The Hall–Kier alpha value is -1.87. The lowest BCUT2D eigenvalue weighted by molar-refractivity contribution is 0.0921. The van der Waals surface area contributed by atoms with Gasteiger partial charge in [-0.05, 0) is 43.7 Å². The molecule has 4 heteroatoms. The SMILES string of the molecule is Cc1ccc(C)c(C(=O)COc2ccc(F)cc2Cl)c1. The van der Waals surface area contributed by atoms with Gasteiger partial charge in [-0.15, -0.1) is 0 Å². The monoisotopic (exact) mass is 292 g/mol. The topological polar surface area (TPSA) is 26.3 Å². The van der Waals surface area contributed by atoms with Gasteiger partial charge < -0.3 is 4.74 Å². The normalized spacial score (nSPS) is 10.4. The van der Waals surface area contributed by atoms with Crippen molar-refractivity contribution in [3.05, 3.63) is 63.9 Å². The largest absolute Gasteiger partial charge is 0.484 e. The zero-order chi connectivity index (χ0) is 14.7. The molecule has 2 aromatic carbocycles. The Morgan fingerprint density at radius 2 is 1.95 bits per heavy atom. The van der Waals surface area contributed by atoms with E-state index in [0.717, 1.165) is 17.2 Å². The van der Waals surface area contributed by atoms with Crippen molar-refractivity contribution in [2.24, 2.45) is 0 Å². The molecule has 0 aliphatic carbocycles. The molecule has 2 rings (SSSR count). The standard InChI is InChI=1S/C16H14ClFO2/c1-10-3-4-11(2)13(7-10)15(19)9-20-16-6-5-12(18)8-14(16)17/h3-8H,9H2,1-2H3. The molecule has 20 heavy (non-hydrogen) atoms. The molecule has 2 aromatic rings. The summed E-state index contributed by atoms with van der Waals surface area (Å²) >= 11 is 5.84. The molecule has 0 spiro atoms. The zero-order valence-electron chi connectivity index (χ0n) is 11.2. The van der Waals surface area contributed by atoms with Crippen molar-refractivity contribution < 1.29 is 13.9 Å². The third-order valence-electron chi connectivity index (χ3n) is 2.95. The third kappa shape index (κ3) is 3.36. The summed E-state index contributed by atoms with van der Waals surface area (Å²) in [5.41, 5.74) is 2.54. The molecule has 2 nitrogen and oxygen atoms in total. The number of carbonyl (C=O) groups excluding carboxylic acids is 1. The Kier molecular flexibility index (Phi) is 4.40. The lowest BCUT2D eigenvalue weighted by Gasteiger charge is -2.09. The molecule has 0 bridgehead atoms. The molecular formula is C16H14ClFO2. The molecule has 0 radical (unpaired) electrons. The number of rotatable bonds is 4. The Labute approximate surface area is 122 Å². The number of hydrogen-bond donors (Lipinski definition) is 0. The number of hydrogen-bond acceptors (Lipinski definition) is 2. The maximum Gasteiger partial charge on any atom is 0.200 e. The van der Waals surface area contributed by atoms with Crippen LogP contribution in [0.4, 0.5) is 4.39 Å². The fourth-order valence-corrected chi connectivity index (χ4v) is 2.07. The Balaban J connectivity index is 2.10. The van der Waals surface area contributed by atoms with E-state index in [1.54, 1.807) is 0 Å². The van der Waals surface area contributed by atoms with Crippen LogP contribution in [0.25, 0.3) is 0 Å². The number of benzene rings is 2. The molecular weight excluding hydrogens is 279 g/mol. The maximum absolute atomic E-state index is 12.9. The minimum atomic E-state index is -0.441. The first-order valence-electron chi connectivity index (χ1n) is 6.15. The van der Waals surface area contributed by atoms with Gasteiger partial charge >= 0.3 is 0 Å². The number of ether oxygens (including phenoxy) is 1. The summed E-state index contributed by atoms with van der Waals surface area (Å²) in [4.78, 5) is 12.1. The summed E-state index contributed by atoms with van der Waals surface area (Å²) in [6.45, 7) is 3.67. The first-order valence-corrected chi connectivity index (χ1v) is 6.53. The van der Waals surface area contributed by atoms with E-state index >= 15 is 0 Å². The van der Waals surface area contributed by atoms with Gasteiger partial charge in [0.15, 0.2) is 12.4 Å². The average Bonchev–Trinajstić information content (AvgIpc) is 2.40. The van der Waals surface area contributed by atoms with Gasteiger partial charge in [0.25, 0.3) is 0 Å². The van der Waals surface area contributed by atoms with Gasteiger partial charge in [-0.1, -0.05) is 29.3 Å².